The number of rotatable bonds is 2. The van der Waals surface area contributed by atoms with E-state index in [1.807, 2.05) is 0 Å². The molecular weight excluding hydrogens is 258 g/mol. The van der Waals surface area contributed by atoms with Crippen LogP contribution in [0, 0.1) is 14.4 Å². The Morgan fingerprint density at radius 3 is 2.00 bits per heavy atom. The zero-order chi connectivity index (χ0) is 4.12. The van der Waals surface area contributed by atoms with Gasteiger partial charge in [-0.1, -0.05) is 0 Å². The second kappa shape index (κ2) is 16.2. The maximum Gasteiger partial charge on any atom is 0 e. The number of aliphatic imine (C=N–C) groups is 1. The average molecular weight is 268 g/mol. The number of hydrogen-bond acceptors (Lipinski definition) is 1. The second-order valence-corrected chi connectivity index (χ2v) is 0.760. The quantitative estimate of drug-likeness (QED) is 0.527. The molecule has 1 nitrogen and oxygen atoms in total. The first kappa shape index (κ1) is 15.7. The van der Waals surface area contributed by atoms with Crippen LogP contribution in [0.5, 0.6) is 0 Å². The Hall–Kier alpha value is 0.358. The molecule has 0 rings (SSSR count). The monoisotopic (exact) mass is 268 g/mol. The van der Waals surface area contributed by atoms with Crippen molar-refractivity contribution >= 4 is 6.72 Å². The summed E-state index contributed by atoms with van der Waals surface area (Å²) in [5, 5.41) is 0. The van der Waals surface area contributed by atoms with E-state index in [0.717, 1.165) is 6.42 Å². The predicted molar refractivity (Wildman–Crippen MR) is 29.7 cm³/mol. The van der Waals surface area contributed by atoms with Crippen molar-refractivity contribution in [3.8, 4) is 0 Å². The van der Waals surface area contributed by atoms with Crippen molar-refractivity contribution in [3.63, 3.8) is 0 Å². The molecule has 0 atom stereocenters. The minimum Gasteiger partial charge on any atom is -0.508 e. The first-order valence-corrected chi connectivity index (χ1v) is 1.57. The van der Waals surface area contributed by atoms with Gasteiger partial charge in [0.1, 0.15) is 0 Å². The molecule has 0 aliphatic rings. The molecule has 0 aliphatic carbocycles. The molecule has 0 saturated heterocycles. The van der Waals surface area contributed by atoms with Gasteiger partial charge in [-0.25, -0.2) is 0 Å². The molecule has 0 N–H and O–H groups in total. The van der Waals surface area contributed by atoms with Crippen LogP contribution in [0.4, 0.5) is 0 Å². The molecule has 0 heterocycles. The van der Waals surface area contributed by atoms with E-state index in [-0.39, 0.29) is 28.5 Å². The van der Waals surface area contributed by atoms with Crippen LogP contribution in [0.15, 0.2) is 4.99 Å². The van der Waals surface area contributed by atoms with E-state index in [9.17, 15) is 0 Å². The zero-order valence-electron chi connectivity index (χ0n) is 4.55. The molecule has 0 saturated carbocycles. The van der Waals surface area contributed by atoms with Gasteiger partial charge >= 0.3 is 0 Å². The molecule has 0 aromatic heterocycles. The summed E-state index contributed by atoms with van der Waals surface area (Å²) in [6, 6.07) is 0. The van der Waals surface area contributed by atoms with Gasteiger partial charge in [0.2, 0.25) is 0 Å². The fourth-order valence-corrected chi connectivity index (χ4v) is 0.0913. The summed E-state index contributed by atoms with van der Waals surface area (Å²) in [5.41, 5.74) is 0. The Kier molecular flexibility index (Phi) is 36.2. The number of hydrogen-bond donors (Lipinski definition) is 0. The van der Waals surface area contributed by atoms with Crippen LogP contribution in [0.2, 0.25) is 0 Å². The summed E-state index contributed by atoms with van der Waals surface area (Å²) in [4.78, 5) is 3.29. The largest absolute Gasteiger partial charge is 0.508 e. The Labute approximate surface area is 60.5 Å². The third-order valence-electron chi connectivity index (χ3n) is 0.287. The molecule has 0 aromatic rings. The summed E-state index contributed by atoms with van der Waals surface area (Å²) in [7, 11) is 0. The molecule has 0 amide bonds. The topological polar surface area (TPSA) is 12.4 Å². The molecule has 0 unspecified atom stereocenters. The summed E-state index contributed by atoms with van der Waals surface area (Å²) in [6.07, 6.45) is 0.802. The maximum absolute atomic E-state index is 4.72. The Morgan fingerprint density at radius 1 is 1.57 bits per heavy atom. The van der Waals surface area contributed by atoms with E-state index in [2.05, 4.69) is 11.9 Å². The van der Waals surface area contributed by atoms with E-state index in [0.29, 0.717) is 6.54 Å². The summed E-state index contributed by atoms with van der Waals surface area (Å²) < 4.78 is 0. The summed E-state index contributed by atoms with van der Waals surface area (Å²) in [5.74, 6) is 0. The summed E-state index contributed by atoms with van der Waals surface area (Å²) >= 11 is 0. The van der Waals surface area contributed by atoms with Gasteiger partial charge in [0.25, 0.3) is 0 Å². The average Bonchev–Trinajstić information content (AvgIpc) is 1.41. The summed E-state index contributed by atoms with van der Waals surface area (Å²) in [6.45, 7) is 8.91. The Balaban J connectivity index is -0.0000000800. The molecule has 0 fully saturated rings. The van der Waals surface area contributed by atoms with Gasteiger partial charge in [-0.3, -0.25) is 0 Å². The van der Waals surface area contributed by atoms with Crippen molar-refractivity contribution in [1.29, 1.82) is 0 Å². The van der Waals surface area contributed by atoms with E-state index >= 15 is 0 Å². The van der Waals surface area contributed by atoms with Gasteiger partial charge in [-0.15, -0.1) is 0 Å². The van der Waals surface area contributed by atoms with Crippen molar-refractivity contribution in [2.24, 2.45) is 4.99 Å². The number of nitrogens with zero attached hydrogens (tertiary/aromatic N) is 1. The van der Waals surface area contributed by atoms with Gasteiger partial charge < -0.3 is 26.1 Å². The van der Waals surface area contributed by atoms with Crippen molar-refractivity contribution in [1.82, 2.24) is 0 Å². The van der Waals surface area contributed by atoms with Crippen LogP contribution in [-0.2, 0) is 21.1 Å². The van der Waals surface area contributed by atoms with Crippen LogP contribution >= 0.6 is 0 Å². The van der Waals surface area contributed by atoms with Gasteiger partial charge in [-0.05, 0) is 6.54 Å². The Bertz CT molecular complexity index is 29.3. The normalized spacial score (nSPS) is 5.29. The van der Waals surface area contributed by atoms with Gasteiger partial charge in [0.15, 0.2) is 0 Å². The molecule has 0 bridgehead atoms. The zero-order valence-corrected chi connectivity index (χ0v) is 7.49. The van der Waals surface area contributed by atoms with Crippen LogP contribution in [-0.4, -0.2) is 13.3 Å². The molecule has 7 heavy (non-hydrogen) atoms. The third-order valence-corrected chi connectivity index (χ3v) is 0.287. The minimum atomic E-state index is 0. The van der Waals surface area contributed by atoms with Gasteiger partial charge in [-0.2, -0.15) is 6.42 Å². The molecule has 2 heteroatoms. The minimum absolute atomic E-state index is 0. The van der Waals surface area contributed by atoms with E-state index in [4.69, 9.17) is 6.72 Å². The SMILES string of the molecule is [CH-]=NCC[CH2-].[CH3-].[W]. The molecule has 44 valence electrons. The fourth-order valence-electron chi connectivity index (χ4n) is 0.0913. The van der Waals surface area contributed by atoms with E-state index in [1.165, 1.54) is 0 Å². The maximum atomic E-state index is 4.72. The predicted octanol–water partition coefficient (Wildman–Crippen LogP) is 1.24. The molecular formula is C5H10NW-3. The van der Waals surface area contributed by atoms with E-state index < -0.39 is 0 Å². The van der Waals surface area contributed by atoms with Gasteiger partial charge in [0, 0.05) is 21.1 Å². The Morgan fingerprint density at radius 2 is 2.00 bits per heavy atom. The first-order valence-electron chi connectivity index (χ1n) is 1.57. The van der Waals surface area contributed by atoms with Crippen LogP contribution in [0.25, 0.3) is 0 Å². The smallest absolute Gasteiger partial charge is 0 e. The molecule has 0 spiro atoms. The van der Waals surface area contributed by atoms with Crippen LogP contribution < -0.4 is 0 Å². The first-order chi connectivity index (χ1) is 2.41. The van der Waals surface area contributed by atoms with Crippen molar-refractivity contribution in [3.05, 3.63) is 14.4 Å². The second-order valence-electron chi connectivity index (χ2n) is 0.760. The third kappa shape index (κ3) is 21.7. The standard InChI is InChI=1S/C4H7N.CH3.W/c1-3-4-5-2;;/h2H,1,3-4H2;1H3;/q-2;-1;. The van der Waals surface area contributed by atoms with Crippen LogP contribution in [0.1, 0.15) is 6.42 Å². The van der Waals surface area contributed by atoms with Crippen LogP contribution in [0.3, 0.4) is 0 Å². The van der Waals surface area contributed by atoms with Crippen molar-refractivity contribution in [2.75, 3.05) is 6.54 Å². The fraction of sp³-hybridized carbons (Fsp3) is 0.400. The molecule has 0 aliphatic heterocycles. The van der Waals surface area contributed by atoms with Crippen molar-refractivity contribution in [2.45, 2.75) is 6.42 Å². The van der Waals surface area contributed by atoms with Gasteiger partial charge in [0.05, 0.1) is 0 Å². The van der Waals surface area contributed by atoms with Crippen molar-refractivity contribution < 1.29 is 21.1 Å². The molecule has 0 aromatic carbocycles. The van der Waals surface area contributed by atoms with E-state index in [1.54, 1.807) is 0 Å². The molecule has 0 radical (unpaired) electrons.